The number of benzene rings is 2. The Morgan fingerprint density at radius 2 is 1.61 bits per heavy atom. The maximum absolute atomic E-state index is 13.9. The first-order chi connectivity index (χ1) is 14.8. The number of aryl methyl sites for hydroxylation is 2. The topological polar surface area (TPSA) is 67.6 Å². The zero-order valence-corrected chi connectivity index (χ0v) is 19.0. The highest BCUT2D eigenvalue weighted by Gasteiger charge is 2.29. The number of pyridine rings is 1. The van der Waals surface area contributed by atoms with Crippen molar-refractivity contribution in [2.75, 3.05) is 4.31 Å². The summed E-state index contributed by atoms with van der Waals surface area (Å²) in [4.78, 5) is 0.135. The van der Waals surface area contributed by atoms with E-state index in [-0.39, 0.29) is 11.4 Å². The zero-order chi connectivity index (χ0) is 22.2. The summed E-state index contributed by atoms with van der Waals surface area (Å²) < 4.78 is 30.9. The molecule has 0 radical (unpaired) electrons. The minimum Gasteiger partial charge on any atom is -0.286 e. The second-order valence-electron chi connectivity index (χ2n) is 8.06. The van der Waals surface area contributed by atoms with Crippen molar-refractivity contribution in [3.63, 3.8) is 0 Å². The monoisotopic (exact) mass is 434 g/mol. The molecule has 0 bridgehead atoms. The Balaban J connectivity index is 1.84. The fraction of sp³-hybridized carbons (Fsp3) is 0.250. The van der Waals surface area contributed by atoms with Crippen molar-refractivity contribution in [3.05, 3.63) is 89.4 Å². The normalized spacial score (nSPS) is 11.9. The summed E-state index contributed by atoms with van der Waals surface area (Å²) in [6.07, 6.45) is 1.77. The van der Waals surface area contributed by atoms with Gasteiger partial charge in [0.2, 0.25) is 0 Å². The van der Waals surface area contributed by atoms with Gasteiger partial charge in [-0.3, -0.25) is 8.71 Å². The molecule has 4 rings (SSSR count). The molecule has 0 spiro atoms. The molecule has 0 saturated carbocycles. The number of fused-ring (bicyclic) bond motifs is 1. The fourth-order valence-corrected chi connectivity index (χ4v) is 5.10. The molecule has 0 aliphatic heterocycles. The quantitative estimate of drug-likeness (QED) is 0.434. The van der Waals surface area contributed by atoms with Crippen molar-refractivity contribution in [1.82, 2.24) is 14.6 Å². The summed E-state index contributed by atoms with van der Waals surface area (Å²) in [5.41, 5.74) is 4.14. The SMILES string of the molecule is Cc1ccc(CN(c2ccc(C(C)C)cc2)S(=O)(=O)c2cccn3c(C)nnc23)cc1. The number of nitrogens with zero attached hydrogens (tertiary/aromatic N) is 4. The lowest BCUT2D eigenvalue weighted by molar-refractivity contribution is 0.590. The molecule has 7 heteroatoms. The van der Waals surface area contributed by atoms with Crippen LogP contribution in [-0.4, -0.2) is 23.0 Å². The third-order valence-electron chi connectivity index (χ3n) is 5.43. The van der Waals surface area contributed by atoms with Crippen molar-refractivity contribution in [1.29, 1.82) is 0 Å². The molecular weight excluding hydrogens is 408 g/mol. The molecule has 0 aliphatic carbocycles. The molecule has 0 atom stereocenters. The van der Waals surface area contributed by atoms with E-state index >= 15 is 0 Å². The molecule has 0 aliphatic rings. The molecular formula is C24H26N4O2S. The number of anilines is 1. The van der Waals surface area contributed by atoms with E-state index < -0.39 is 10.0 Å². The van der Waals surface area contributed by atoms with Crippen LogP contribution in [0.1, 0.15) is 42.3 Å². The maximum atomic E-state index is 13.9. The molecule has 0 unspecified atom stereocenters. The lowest BCUT2D eigenvalue weighted by Gasteiger charge is -2.25. The standard InChI is InChI=1S/C24H26N4O2S/c1-17(2)21-11-13-22(14-12-21)28(16-20-9-7-18(3)8-10-20)31(29,30)23-6-5-15-27-19(4)25-26-24(23)27/h5-15,17H,16H2,1-4H3. The van der Waals surface area contributed by atoms with Gasteiger partial charge in [-0.1, -0.05) is 55.8 Å². The Bertz CT molecular complexity index is 1310. The molecule has 2 aromatic carbocycles. The minimum absolute atomic E-state index is 0.135. The van der Waals surface area contributed by atoms with Crippen LogP contribution in [0.3, 0.4) is 0 Å². The van der Waals surface area contributed by atoms with Gasteiger partial charge in [-0.2, -0.15) is 0 Å². The Morgan fingerprint density at radius 3 is 2.26 bits per heavy atom. The molecule has 31 heavy (non-hydrogen) atoms. The van der Waals surface area contributed by atoms with Gasteiger partial charge in [0, 0.05) is 6.20 Å². The van der Waals surface area contributed by atoms with E-state index in [1.54, 1.807) is 29.7 Å². The van der Waals surface area contributed by atoms with Gasteiger partial charge < -0.3 is 0 Å². The van der Waals surface area contributed by atoms with E-state index in [2.05, 4.69) is 24.0 Å². The number of hydrogen-bond acceptors (Lipinski definition) is 4. The van der Waals surface area contributed by atoms with E-state index in [1.807, 2.05) is 55.5 Å². The molecule has 0 N–H and O–H groups in total. The Hall–Kier alpha value is -3.19. The predicted octanol–water partition coefficient (Wildman–Crippen LogP) is 4.87. The molecule has 0 fully saturated rings. The number of aromatic nitrogens is 3. The summed E-state index contributed by atoms with van der Waals surface area (Å²) in [6, 6.07) is 18.9. The molecule has 160 valence electrons. The molecule has 2 aromatic heterocycles. The summed E-state index contributed by atoms with van der Waals surface area (Å²) in [5.74, 6) is 1.00. The highest BCUT2D eigenvalue weighted by molar-refractivity contribution is 7.93. The van der Waals surface area contributed by atoms with E-state index in [0.717, 1.165) is 16.7 Å². The van der Waals surface area contributed by atoms with Crippen molar-refractivity contribution < 1.29 is 8.42 Å². The first-order valence-corrected chi connectivity index (χ1v) is 11.7. The second kappa shape index (κ2) is 8.15. The largest absolute Gasteiger partial charge is 0.286 e. The van der Waals surface area contributed by atoms with Gasteiger partial charge in [0.1, 0.15) is 10.7 Å². The highest BCUT2D eigenvalue weighted by atomic mass is 32.2. The molecule has 0 amide bonds. The van der Waals surface area contributed by atoms with Crippen LogP contribution in [0.15, 0.2) is 71.8 Å². The van der Waals surface area contributed by atoms with E-state index in [1.165, 1.54) is 4.31 Å². The van der Waals surface area contributed by atoms with Crippen LogP contribution in [0.4, 0.5) is 5.69 Å². The van der Waals surface area contributed by atoms with Gasteiger partial charge in [0.05, 0.1) is 12.2 Å². The first-order valence-electron chi connectivity index (χ1n) is 10.3. The van der Waals surface area contributed by atoms with E-state index in [4.69, 9.17) is 0 Å². The lowest BCUT2D eigenvalue weighted by Crippen LogP contribution is -2.31. The average Bonchev–Trinajstić information content (AvgIpc) is 3.14. The average molecular weight is 435 g/mol. The number of rotatable bonds is 6. The van der Waals surface area contributed by atoms with Gasteiger partial charge >= 0.3 is 0 Å². The highest BCUT2D eigenvalue weighted by Crippen LogP contribution is 2.29. The van der Waals surface area contributed by atoms with Gasteiger partial charge in [0.25, 0.3) is 10.0 Å². The van der Waals surface area contributed by atoms with Crippen LogP contribution < -0.4 is 4.31 Å². The summed E-state index contributed by atoms with van der Waals surface area (Å²) in [5, 5.41) is 8.18. The summed E-state index contributed by atoms with van der Waals surface area (Å²) >= 11 is 0. The van der Waals surface area contributed by atoms with Crippen LogP contribution in [0.5, 0.6) is 0 Å². The van der Waals surface area contributed by atoms with E-state index in [0.29, 0.717) is 23.1 Å². The predicted molar refractivity (Wildman–Crippen MR) is 123 cm³/mol. The third-order valence-corrected chi connectivity index (χ3v) is 7.23. The second-order valence-corrected chi connectivity index (χ2v) is 9.89. The maximum Gasteiger partial charge on any atom is 0.268 e. The van der Waals surface area contributed by atoms with Crippen molar-refractivity contribution in [3.8, 4) is 0 Å². The van der Waals surface area contributed by atoms with Crippen LogP contribution in [0, 0.1) is 13.8 Å². The van der Waals surface area contributed by atoms with Crippen LogP contribution in [0.25, 0.3) is 5.65 Å². The molecule has 4 aromatic rings. The zero-order valence-electron chi connectivity index (χ0n) is 18.1. The van der Waals surface area contributed by atoms with E-state index in [9.17, 15) is 8.42 Å². The first kappa shape index (κ1) is 21.1. The minimum atomic E-state index is -3.90. The Morgan fingerprint density at radius 1 is 0.935 bits per heavy atom. The summed E-state index contributed by atoms with van der Waals surface area (Å²) in [6.45, 7) is 8.26. The lowest BCUT2D eigenvalue weighted by atomic mass is 10.0. The van der Waals surface area contributed by atoms with Gasteiger partial charge in [-0.25, -0.2) is 8.42 Å². The van der Waals surface area contributed by atoms with Gasteiger partial charge in [-0.05, 0) is 55.2 Å². The number of hydrogen-bond donors (Lipinski definition) is 0. The van der Waals surface area contributed by atoms with Crippen molar-refractivity contribution >= 4 is 21.4 Å². The fourth-order valence-electron chi connectivity index (χ4n) is 3.53. The van der Waals surface area contributed by atoms with Crippen molar-refractivity contribution in [2.45, 2.75) is 45.1 Å². The third kappa shape index (κ3) is 4.05. The Kier molecular flexibility index (Phi) is 5.54. The Labute approximate surface area is 183 Å². The number of sulfonamides is 1. The van der Waals surface area contributed by atoms with Gasteiger partial charge in [-0.15, -0.1) is 10.2 Å². The molecule has 0 saturated heterocycles. The smallest absolute Gasteiger partial charge is 0.268 e. The molecule has 2 heterocycles. The summed E-state index contributed by atoms with van der Waals surface area (Å²) in [7, 11) is -3.90. The van der Waals surface area contributed by atoms with Crippen LogP contribution in [-0.2, 0) is 16.6 Å². The molecule has 6 nitrogen and oxygen atoms in total. The van der Waals surface area contributed by atoms with Crippen LogP contribution >= 0.6 is 0 Å². The van der Waals surface area contributed by atoms with Crippen LogP contribution in [0.2, 0.25) is 0 Å². The van der Waals surface area contributed by atoms with Crippen molar-refractivity contribution in [2.24, 2.45) is 0 Å². The van der Waals surface area contributed by atoms with Gasteiger partial charge in [0.15, 0.2) is 5.65 Å².